The zero-order valence-corrected chi connectivity index (χ0v) is 23.6. The fraction of sp³-hybridized carbons (Fsp3) is 0.250. The zero-order chi connectivity index (χ0) is 29.9. The number of phenolic OH excluding ortho intramolecular Hbond substituents is 1. The van der Waals surface area contributed by atoms with E-state index in [1.165, 1.54) is 0 Å². The number of hydrogen-bond acceptors (Lipinski definition) is 6. The van der Waals surface area contributed by atoms with Crippen molar-refractivity contribution in [3.63, 3.8) is 0 Å². The highest BCUT2D eigenvalue weighted by atomic mass is 16.3. The van der Waals surface area contributed by atoms with E-state index in [0.717, 1.165) is 27.7 Å². The molecular formula is C32H33N7O4. The lowest BCUT2D eigenvalue weighted by Crippen LogP contribution is -2.76. The highest BCUT2D eigenvalue weighted by Gasteiger charge is 2.51. The van der Waals surface area contributed by atoms with Gasteiger partial charge in [-0.2, -0.15) is 0 Å². The minimum absolute atomic E-state index is 0.0762. The first-order chi connectivity index (χ1) is 20.9. The number of carbonyl (C=O) groups is 3. The second-order valence-corrected chi connectivity index (χ2v) is 10.7. The van der Waals surface area contributed by atoms with E-state index >= 15 is 0 Å². The molecule has 11 heteroatoms. The first kappa shape index (κ1) is 28.0. The maximum absolute atomic E-state index is 14.2. The van der Waals surface area contributed by atoms with E-state index in [9.17, 15) is 19.5 Å². The lowest BCUT2D eigenvalue weighted by atomic mass is 9.98. The van der Waals surface area contributed by atoms with E-state index in [0.29, 0.717) is 6.54 Å². The van der Waals surface area contributed by atoms with Crippen LogP contribution in [0.1, 0.15) is 16.7 Å². The number of phenols is 1. The number of urea groups is 1. The van der Waals surface area contributed by atoms with Crippen molar-refractivity contribution in [2.45, 2.75) is 31.7 Å². The summed E-state index contributed by atoms with van der Waals surface area (Å²) in [4.78, 5) is 52.6. The summed E-state index contributed by atoms with van der Waals surface area (Å²) in [7, 11) is 0. The molecule has 0 radical (unpaired) electrons. The molecule has 0 unspecified atom stereocenters. The van der Waals surface area contributed by atoms with Gasteiger partial charge in [-0.15, -0.1) is 6.58 Å². The van der Waals surface area contributed by atoms with Gasteiger partial charge in [-0.3, -0.25) is 9.59 Å². The molecule has 2 aliphatic rings. The van der Waals surface area contributed by atoms with Crippen LogP contribution in [-0.4, -0.2) is 84.6 Å². The van der Waals surface area contributed by atoms with E-state index in [4.69, 9.17) is 0 Å². The third kappa shape index (κ3) is 5.67. The van der Waals surface area contributed by atoms with Crippen LogP contribution in [0.25, 0.3) is 11.0 Å². The minimum atomic E-state index is -0.857. The van der Waals surface area contributed by atoms with Gasteiger partial charge in [0.15, 0.2) is 0 Å². The molecule has 11 nitrogen and oxygen atoms in total. The number of fused-ring (bicyclic) bond motifs is 2. The van der Waals surface area contributed by atoms with Crippen molar-refractivity contribution in [2.75, 3.05) is 19.6 Å². The van der Waals surface area contributed by atoms with E-state index in [1.54, 1.807) is 56.5 Å². The molecule has 2 aliphatic heterocycles. The first-order valence-electron chi connectivity index (χ1n) is 14.2. The SMILES string of the molecule is C=CCN1CC(=O)N2[C@@H](Cc3ccc(O)cc3)C(=O)N(Cc3cccc4[nH]cnc34)C[C@@H]2N1C(=O)NCc1ccccc1. The van der Waals surface area contributed by atoms with Crippen molar-refractivity contribution in [1.29, 1.82) is 0 Å². The molecule has 43 heavy (non-hydrogen) atoms. The largest absolute Gasteiger partial charge is 0.508 e. The third-order valence-electron chi connectivity index (χ3n) is 7.92. The van der Waals surface area contributed by atoms with Gasteiger partial charge >= 0.3 is 6.03 Å². The molecule has 4 aromatic rings. The zero-order valence-electron chi connectivity index (χ0n) is 23.6. The molecule has 6 rings (SSSR count). The van der Waals surface area contributed by atoms with Gasteiger partial charge in [-0.1, -0.05) is 60.7 Å². The average Bonchev–Trinajstić information content (AvgIpc) is 3.50. The Bertz CT molecular complexity index is 1640. The number of carbonyl (C=O) groups excluding carboxylic acids is 3. The van der Waals surface area contributed by atoms with Gasteiger partial charge in [-0.05, 0) is 34.9 Å². The highest BCUT2D eigenvalue weighted by molar-refractivity contribution is 5.92. The van der Waals surface area contributed by atoms with Gasteiger partial charge in [-0.25, -0.2) is 19.8 Å². The molecule has 220 valence electrons. The number of H-pyrrole nitrogens is 1. The van der Waals surface area contributed by atoms with Crippen LogP contribution in [0.2, 0.25) is 0 Å². The van der Waals surface area contributed by atoms with Crippen LogP contribution in [0.5, 0.6) is 5.75 Å². The van der Waals surface area contributed by atoms with Crippen LogP contribution >= 0.6 is 0 Å². The summed E-state index contributed by atoms with van der Waals surface area (Å²) >= 11 is 0. The van der Waals surface area contributed by atoms with Crippen molar-refractivity contribution in [1.82, 2.24) is 35.1 Å². The van der Waals surface area contributed by atoms with Gasteiger partial charge in [0.1, 0.15) is 18.0 Å². The van der Waals surface area contributed by atoms with E-state index < -0.39 is 12.2 Å². The van der Waals surface area contributed by atoms with Gasteiger partial charge in [0, 0.05) is 26.1 Å². The second kappa shape index (κ2) is 12.0. The number of amides is 4. The Hall–Kier alpha value is -5.16. The van der Waals surface area contributed by atoms with Crippen LogP contribution < -0.4 is 5.32 Å². The molecule has 4 amide bonds. The predicted molar refractivity (Wildman–Crippen MR) is 160 cm³/mol. The molecule has 3 aromatic carbocycles. The molecule has 0 spiro atoms. The Kier molecular flexibility index (Phi) is 7.80. The number of imidazole rings is 1. The first-order valence-corrected chi connectivity index (χ1v) is 14.2. The fourth-order valence-corrected chi connectivity index (χ4v) is 5.91. The fourth-order valence-electron chi connectivity index (χ4n) is 5.91. The normalized spacial score (nSPS) is 19.0. The molecule has 2 atom stereocenters. The van der Waals surface area contributed by atoms with E-state index in [1.807, 2.05) is 48.5 Å². The molecule has 2 fully saturated rings. The number of piperazine rings is 1. The summed E-state index contributed by atoms with van der Waals surface area (Å²) in [6.07, 6.45) is 2.74. The predicted octanol–water partition coefficient (Wildman–Crippen LogP) is 3.01. The number of nitrogens with one attached hydrogen (secondary N) is 2. The van der Waals surface area contributed by atoms with Crippen LogP contribution in [0.3, 0.4) is 0 Å². The molecule has 3 heterocycles. The maximum Gasteiger partial charge on any atom is 0.334 e. The van der Waals surface area contributed by atoms with Gasteiger partial charge < -0.3 is 25.2 Å². The molecule has 0 aliphatic carbocycles. The van der Waals surface area contributed by atoms with Crippen molar-refractivity contribution in [2.24, 2.45) is 0 Å². The quantitative estimate of drug-likeness (QED) is 0.276. The summed E-state index contributed by atoms with van der Waals surface area (Å²) in [5, 5.41) is 16.1. The number of hydrogen-bond donors (Lipinski definition) is 3. The average molecular weight is 580 g/mol. The van der Waals surface area contributed by atoms with Gasteiger partial charge in [0.2, 0.25) is 11.8 Å². The molecule has 3 N–H and O–H groups in total. The maximum atomic E-state index is 14.2. The van der Waals surface area contributed by atoms with Crippen LogP contribution in [0.4, 0.5) is 4.79 Å². The lowest BCUT2D eigenvalue weighted by molar-refractivity contribution is -0.189. The summed E-state index contributed by atoms with van der Waals surface area (Å²) in [6, 6.07) is 20.7. The van der Waals surface area contributed by atoms with Crippen molar-refractivity contribution >= 4 is 28.9 Å². The number of rotatable bonds is 8. The number of para-hydroxylation sites is 1. The van der Waals surface area contributed by atoms with Crippen LogP contribution in [0, 0.1) is 0 Å². The van der Waals surface area contributed by atoms with E-state index in [-0.39, 0.29) is 56.2 Å². The Balaban J connectivity index is 1.36. The van der Waals surface area contributed by atoms with Crippen molar-refractivity contribution < 1.29 is 19.5 Å². The van der Waals surface area contributed by atoms with Gasteiger partial charge in [0.25, 0.3) is 0 Å². The number of hydrazine groups is 1. The Morgan fingerprint density at radius 3 is 2.60 bits per heavy atom. The van der Waals surface area contributed by atoms with Crippen LogP contribution in [0.15, 0.2) is 91.8 Å². The third-order valence-corrected chi connectivity index (χ3v) is 7.92. The van der Waals surface area contributed by atoms with Gasteiger partial charge in [0.05, 0.1) is 30.5 Å². The van der Waals surface area contributed by atoms with Crippen molar-refractivity contribution in [3.05, 3.63) is 108 Å². The van der Waals surface area contributed by atoms with E-state index in [2.05, 4.69) is 21.9 Å². The summed E-state index contributed by atoms with van der Waals surface area (Å²) in [5.74, 6) is -0.349. The number of aromatic nitrogens is 2. The Morgan fingerprint density at radius 2 is 1.84 bits per heavy atom. The summed E-state index contributed by atoms with van der Waals surface area (Å²) < 4.78 is 0. The summed E-state index contributed by atoms with van der Waals surface area (Å²) in [5.41, 5.74) is 4.20. The summed E-state index contributed by atoms with van der Waals surface area (Å²) in [6.45, 7) is 4.71. The number of nitrogens with zero attached hydrogens (tertiary/aromatic N) is 5. The molecule has 0 bridgehead atoms. The molecular weight excluding hydrogens is 546 g/mol. The smallest absolute Gasteiger partial charge is 0.334 e. The lowest BCUT2D eigenvalue weighted by Gasteiger charge is -2.55. The monoisotopic (exact) mass is 579 g/mol. The van der Waals surface area contributed by atoms with Crippen LogP contribution in [-0.2, 0) is 29.1 Å². The standard InChI is InChI=1S/C32H33N7O4/c1-2-15-37-20-29(41)38-27(16-22-11-13-25(40)14-12-22)31(42)36(18-24-9-6-10-26-30(24)35-21-34-26)19-28(38)39(37)32(43)33-17-23-7-4-3-5-8-23/h2-14,21,27-28,40H,1,15-20H2,(H,33,43)(H,34,35)/t27-,28-/m0/s1. The Morgan fingerprint density at radius 1 is 1.05 bits per heavy atom. The Labute approximate surface area is 249 Å². The second-order valence-electron chi connectivity index (χ2n) is 10.7. The number of aromatic amines is 1. The molecule has 1 aromatic heterocycles. The molecule has 0 saturated carbocycles. The van der Waals surface area contributed by atoms with Crippen molar-refractivity contribution in [3.8, 4) is 5.75 Å². The topological polar surface area (TPSA) is 125 Å². The number of aromatic hydroxyl groups is 1. The number of benzene rings is 3. The minimum Gasteiger partial charge on any atom is -0.508 e. The molecule has 2 saturated heterocycles. The highest BCUT2D eigenvalue weighted by Crippen LogP contribution is 2.30.